The minimum absolute atomic E-state index is 0.0458. The molecule has 1 N–H and O–H groups in total. The van der Waals surface area contributed by atoms with Gasteiger partial charge in [-0.05, 0) is 74.0 Å². The van der Waals surface area contributed by atoms with Gasteiger partial charge >= 0.3 is 5.97 Å². The van der Waals surface area contributed by atoms with Gasteiger partial charge in [0.15, 0.2) is 0 Å². The second-order valence-corrected chi connectivity index (χ2v) is 9.96. The van der Waals surface area contributed by atoms with Gasteiger partial charge in [0, 0.05) is 22.4 Å². The third kappa shape index (κ3) is 2.53. The number of carboxylic acid groups (broad SMARTS) is 1. The molecule has 0 amide bonds. The van der Waals surface area contributed by atoms with Crippen molar-refractivity contribution < 1.29 is 14.7 Å². The summed E-state index contributed by atoms with van der Waals surface area (Å²) in [7, 11) is 0. The molecular formula is C22H29ClO3. The predicted molar refractivity (Wildman–Crippen MR) is 102 cm³/mol. The smallest absolute Gasteiger partial charge is 0.303 e. The van der Waals surface area contributed by atoms with Crippen molar-refractivity contribution >= 4 is 23.9 Å². The summed E-state index contributed by atoms with van der Waals surface area (Å²) in [5.74, 6) is 1.21. The molecule has 6 atom stereocenters. The molecule has 0 saturated heterocycles. The molecule has 0 aromatic rings. The molecular weight excluding hydrogens is 348 g/mol. The standard InChI is InChI=1S/C22H29ClO3/c1-21-8-7-17-16(18(21)10-14(12-24)20(21)23)6-5-15-4-3-13(9-19(25)26)11-22(15,17)2/h5,12-13,16-18H,3-4,6-11H2,1-2H3,(H,25,26)/t13?,16-,17+,18+,21+,22+/m1/s1. The fraction of sp³-hybridized carbons (Fsp3) is 0.727. The Morgan fingerprint density at radius 3 is 2.77 bits per heavy atom. The second kappa shape index (κ2) is 6.22. The average molecular weight is 377 g/mol. The maximum atomic E-state index is 11.5. The van der Waals surface area contributed by atoms with Crippen LogP contribution < -0.4 is 0 Å². The SMILES string of the molecule is C[C@]12CC(CC(=O)O)CCC1=CC[C@@H]1[C@@H]2CC[C@]2(C)C(Cl)=C(C=O)C[C@@H]12. The Kier molecular flexibility index (Phi) is 4.38. The van der Waals surface area contributed by atoms with Crippen molar-refractivity contribution in [1.82, 2.24) is 0 Å². The molecule has 0 heterocycles. The normalized spacial score (nSPS) is 44.7. The van der Waals surface area contributed by atoms with Crippen LogP contribution in [0.4, 0.5) is 0 Å². The number of hydrogen-bond acceptors (Lipinski definition) is 2. The first kappa shape index (κ1) is 18.3. The van der Waals surface area contributed by atoms with Crippen molar-refractivity contribution in [1.29, 1.82) is 0 Å². The van der Waals surface area contributed by atoms with E-state index >= 15 is 0 Å². The quantitative estimate of drug-likeness (QED) is 0.534. The van der Waals surface area contributed by atoms with Crippen molar-refractivity contribution in [2.75, 3.05) is 0 Å². The predicted octanol–water partition coefficient (Wildman–Crippen LogP) is 5.34. The zero-order valence-corrected chi connectivity index (χ0v) is 16.5. The zero-order valence-electron chi connectivity index (χ0n) is 15.8. The molecule has 0 aromatic carbocycles. The van der Waals surface area contributed by atoms with Gasteiger partial charge in [0.25, 0.3) is 0 Å². The number of allylic oxidation sites excluding steroid dienone is 4. The summed E-state index contributed by atoms with van der Waals surface area (Å²) in [5.41, 5.74) is 2.46. The highest BCUT2D eigenvalue weighted by atomic mass is 35.5. The average Bonchev–Trinajstić information content (AvgIpc) is 2.85. The van der Waals surface area contributed by atoms with Crippen LogP contribution in [0.5, 0.6) is 0 Å². The van der Waals surface area contributed by atoms with Crippen LogP contribution in [0.15, 0.2) is 22.3 Å². The first-order valence-electron chi connectivity index (χ1n) is 10.0. The van der Waals surface area contributed by atoms with Crippen LogP contribution in [0.1, 0.15) is 65.2 Å². The number of carboxylic acids is 1. The van der Waals surface area contributed by atoms with Crippen molar-refractivity contribution in [3.63, 3.8) is 0 Å². The first-order chi connectivity index (χ1) is 12.3. The van der Waals surface area contributed by atoms with E-state index in [0.717, 1.165) is 61.8 Å². The van der Waals surface area contributed by atoms with Gasteiger partial charge in [0.2, 0.25) is 0 Å². The number of aliphatic carboxylic acids is 1. The van der Waals surface area contributed by atoms with Gasteiger partial charge < -0.3 is 5.11 Å². The van der Waals surface area contributed by atoms with Crippen LogP contribution in [0, 0.1) is 34.5 Å². The van der Waals surface area contributed by atoms with E-state index in [4.69, 9.17) is 11.6 Å². The topological polar surface area (TPSA) is 54.4 Å². The minimum atomic E-state index is -0.669. The van der Waals surface area contributed by atoms with Crippen LogP contribution >= 0.6 is 11.6 Å². The molecule has 142 valence electrons. The number of rotatable bonds is 3. The van der Waals surface area contributed by atoms with Crippen molar-refractivity contribution in [3.05, 3.63) is 22.3 Å². The summed E-state index contributed by atoms with van der Waals surface area (Å²) < 4.78 is 0. The van der Waals surface area contributed by atoms with E-state index in [-0.39, 0.29) is 16.7 Å². The van der Waals surface area contributed by atoms with Gasteiger partial charge in [0.1, 0.15) is 6.29 Å². The summed E-state index contributed by atoms with van der Waals surface area (Å²) >= 11 is 6.64. The molecule has 26 heavy (non-hydrogen) atoms. The Morgan fingerprint density at radius 1 is 1.31 bits per heavy atom. The van der Waals surface area contributed by atoms with Crippen molar-refractivity contribution in [2.45, 2.75) is 65.2 Å². The Hall–Kier alpha value is -1.09. The van der Waals surface area contributed by atoms with Gasteiger partial charge in [0.05, 0.1) is 0 Å². The molecule has 4 rings (SSSR count). The fourth-order valence-corrected chi connectivity index (χ4v) is 7.43. The lowest BCUT2D eigenvalue weighted by Gasteiger charge is -2.57. The highest BCUT2D eigenvalue weighted by Crippen LogP contribution is 2.66. The monoisotopic (exact) mass is 376 g/mol. The van der Waals surface area contributed by atoms with E-state index in [0.29, 0.717) is 24.2 Å². The van der Waals surface area contributed by atoms with Crippen LogP contribution in [0.2, 0.25) is 0 Å². The fourth-order valence-electron chi connectivity index (χ4n) is 7.07. The van der Waals surface area contributed by atoms with E-state index in [1.807, 2.05) is 0 Å². The summed E-state index contributed by atoms with van der Waals surface area (Å²) in [6, 6.07) is 0. The molecule has 4 aliphatic rings. The number of carbonyl (C=O) groups excluding carboxylic acids is 1. The van der Waals surface area contributed by atoms with E-state index < -0.39 is 5.97 Å². The van der Waals surface area contributed by atoms with E-state index in [9.17, 15) is 14.7 Å². The molecule has 0 bridgehead atoms. The molecule has 0 spiro atoms. The number of fused-ring (bicyclic) bond motifs is 5. The van der Waals surface area contributed by atoms with Crippen LogP contribution in [-0.4, -0.2) is 17.4 Å². The summed E-state index contributed by atoms with van der Waals surface area (Å²) in [5, 5.41) is 10.1. The van der Waals surface area contributed by atoms with Gasteiger partial charge in [-0.15, -0.1) is 0 Å². The van der Waals surface area contributed by atoms with Gasteiger partial charge in [-0.1, -0.05) is 37.1 Å². The lowest BCUT2D eigenvalue weighted by Crippen LogP contribution is -2.49. The van der Waals surface area contributed by atoms with Crippen LogP contribution in [-0.2, 0) is 9.59 Å². The zero-order chi connectivity index (χ0) is 18.7. The molecule has 1 unspecified atom stereocenters. The third-order valence-electron chi connectivity index (χ3n) is 8.38. The van der Waals surface area contributed by atoms with Gasteiger partial charge in [-0.3, -0.25) is 9.59 Å². The Morgan fingerprint density at radius 2 is 2.08 bits per heavy atom. The highest BCUT2D eigenvalue weighted by Gasteiger charge is 2.58. The third-order valence-corrected chi connectivity index (χ3v) is 9.05. The van der Waals surface area contributed by atoms with Gasteiger partial charge in [-0.25, -0.2) is 0 Å². The van der Waals surface area contributed by atoms with Crippen LogP contribution in [0.25, 0.3) is 0 Å². The van der Waals surface area contributed by atoms with Crippen molar-refractivity contribution in [3.8, 4) is 0 Å². The first-order valence-corrected chi connectivity index (χ1v) is 10.4. The number of carbonyl (C=O) groups is 2. The largest absolute Gasteiger partial charge is 0.481 e. The highest BCUT2D eigenvalue weighted by molar-refractivity contribution is 6.32. The minimum Gasteiger partial charge on any atom is -0.481 e. The van der Waals surface area contributed by atoms with Crippen LogP contribution in [0.3, 0.4) is 0 Å². The summed E-state index contributed by atoms with van der Waals surface area (Å²) in [6.45, 7) is 4.64. The maximum Gasteiger partial charge on any atom is 0.303 e. The molecule has 4 aliphatic carbocycles. The lowest BCUT2D eigenvalue weighted by atomic mass is 9.47. The van der Waals surface area contributed by atoms with E-state index in [2.05, 4.69) is 19.9 Å². The van der Waals surface area contributed by atoms with Crippen molar-refractivity contribution in [2.24, 2.45) is 34.5 Å². The molecule has 0 aliphatic heterocycles. The molecule has 0 aromatic heterocycles. The number of halogens is 1. The second-order valence-electron chi connectivity index (χ2n) is 9.58. The number of hydrogen-bond donors (Lipinski definition) is 1. The molecule has 3 nitrogen and oxygen atoms in total. The summed E-state index contributed by atoms with van der Waals surface area (Å²) in [4.78, 5) is 22.7. The maximum absolute atomic E-state index is 11.5. The number of aldehydes is 1. The molecule has 4 heteroatoms. The van der Waals surface area contributed by atoms with E-state index in [1.165, 1.54) is 0 Å². The molecule has 2 saturated carbocycles. The molecule has 2 fully saturated rings. The Bertz CT molecular complexity index is 708. The Balaban J connectivity index is 1.64. The molecule has 0 radical (unpaired) electrons. The Labute approximate surface area is 160 Å². The van der Waals surface area contributed by atoms with E-state index in [1.54, 1.807) is 5.57 Å². The summed E-state index contributed by atoms with van der Waals surface area (Å²) in [6.07, 6.45) is 10.9. The lowest BCUT2D eigenvalue weighted by molar-refractivity contribution is -0.138. The van der Waals surface area contributed by atoms with Gasteiger partial charge in [-0.2, -0.15) is 0 Å².